The molecule has 114 valence electrons. The molecule has 0 aromatic heterocycles. The fraction of sp³-hybridized carbons (Fsp3) is 0.429. The molecule has 1 aliphatic heterocycles. The Kier molecular flexibility index (Phi) is 4.64. The average molecular weight is 331 g/mol. The molecule has 0 aliphatic carbocycles. The maximum atomic E-state index is 12.1. The smallest absolute Gasteiger partial charge is 0.410 e. The molecule has 21 heavy (non-hydrogen) atoms. The number of hydrogen-bond acceptors (Lipinski definition) is 3. The SMILES string of the molecule is CC(C)(CNC(=O)c1ccc(Cl)c(Cl)c1)N1CCOC1=O. The van der Waals surface area contributed by atoms with Crippen LogP contribution in [0.25, 0.3) is 0 Å². The van der Waals surface area contributed by atoms with Crippen LogP contribution >= 0.6 is 23.2 Å². The van der Waals surface area contributed by atoms with Gasteiger partial charge in [-0.2, -0.15) is 0 Å². The van der Waals surface area contributed by atoms with Gasteiger partial charge in [0.25, 0.3) is 5.91 Å². The van der Waals surface area contributed by atoms with Crippen molar-refractivity contribution in [2.24, 2.45) is 0 Å². The van der Waals surface area contributed by atoms with E-state index in [9.17, 15) is 9.59 Å². The number of halogens is 2. The summed E-state index contributed by atoms with van der Waals surface area (Å²) in [5.74, 6) is -0.269. The minimum Gasteiger partial charge on any atom is -0.448 e. The molecular weight excluding hydrogens is 315 g/mol. The predicted molar refractivity (Wildman–Crippen MR) is 80.9 cm³/mol. The molecule has 1 N–H and O–H groups in total. The minimum absolute atomic E-state index is 0.269. The zero-order valence-corrected chi connectivity index (χ0v) is 13.3. The number of nitrogens with zero attached hydrogens (tertiary/aromatic N) is 1. The van der Waals surface area contributed by atoms with Gasteiger partial charge >= 0.3 is 6.09 Å². The van der Waals surface area contributed by atoms with Crippen LogP contribution in [0.4, 0.5) is 4.79 Å². The number of cyclic esters (lactones) is 1. The number of rotatable bonds is 4. The Hall–Kier alpha value is -1.46. The van der Waals surface area contributed by atoms with Crippen LogP contribution in [0.2, 0.25) is 10.0 Å². The molecule has 0 unspecified atom stereocenters. The molecular formula is C14H16Cl2N2O3. The van der Waals surface area contributed by atoms with Gasteiger partial charge in [0.15, 0.2) is 0 Å². The van der Waals surface area contributed by atoms with Gasteiger partial charge in [-0.05, 0) is 32.0 Å². The van der Waals surface area contributed by atoms with Crippen LogP contribution in [0, 0.1) is 0 Å². The van der Waals surface area contributed by atoms with Crippen LogP contribution in [0.3, 0.4) is 0 Å². The van der Waals surface area contributed by atoms with E-state index in [2.05, 4.69) is 5.32 Å². The van der Waals surface area contributed by atoms with Gasteiger partial charge in [0, 0.05) is 12.1 Å². The summed E-state index contributed by atoms with van der Waals surface area (Å²) in [5.41, 5.74) is -0.108. The summed E-state index contributed by atoms with van der Waals surface area (Å²) < 4.78 is 4.91. The van der Waals surface area contributed by atoms with Gasteiger partial charge in [-0.15, -0.1) is 0 Å². The first kappa shape index (κ1) is 15.9. The van der Waals surface area contributed by atoms with Gasteiger partial charge in [0.05, 0.1) is 22.1 Å². The van der Waals surface area contributed by atoms with E-state index in [0.717, 1.165) is 0 Å². The first-order chi connectivity index (χ1) is 9.81. The van der Waals surface area contributed by atoms with Crippen LogP contribution in [0.1, 0.15) is 24.2 Å². The molecule has 0 saturated carbocycles. The third-order valence-corrected chi connectivity index (χ3v) is 4.09. The zero-order chi connectivity index (χ0) is 15.6. The normalized spacial score (nSPS) is 15.0. The fourth-order valence-electron chi connectivity index (χ4n) is 2.07. The van der Waals surface area contributed by atoms with Crippen LogP contribution in [-0.2, 0) is 4.74 Å². The van der Waals surface area contributed by atoms with E-state index in [1.807, 2.05) is 13.8 Å². The Morgan fingerprint density at radius 3 is 2.67 bits per heavy atom. The van der Waals surface area contributed by atoms with Crippen molar-refractivity contribution in [1.29, 1.82) is 0 Å². The molecule has 0 spiro atoms. The Bertz CT molecular complexity index is 575. The Labute approximate surface area is 133 Å². The highest BCUT2D eigenvalue weighted by Crippen LogP contribution is 2.23. The van der Waals surface area contributed by atoms with Gasteiger partial charge in [-0.1, -0.05) is 23.2 Å². The topological polar surface area (TPSA) is 58.6 Å². The average Bonchev–Trinajstić information content (AvgIpc) is 2.86. The molecule has 0 radical (unpaired) electrons. The summed E-state index contributed by atoms with van der Waals surface area (Å²) in [6, 6.07) is 4.68. The minimum atomic E-state index is -0.528. The summed E-state index contributed by atoms with van der Waals surface area (Å²) in [5, 5.41) is 3.52. The first-order valence-corrected chi connectivity index (χ1v) is 7.24. The summed E-state index contributed by atoms with van der Waals surface area (Å²) in [4.78, 5) is 25.3. The zero-order valence-electron chi connectivity index (χ0n) is 11.8. The number of amides is 2. The molecule has 0 atom stereocenters. The van der Waals surface area contributed by atoms with Crippen molar-refractivity contribution in [2.75, 3.05) is 19.7 Å². The van der Waals surface area contributed by atoms with Crippen molar-refractivity contribution in [2.45, 2.75) is 19.4 Å². The molecule has 2 rings (SSSR count). The van der Waals surface area contributed by atoms with Crippen molar-refractivity contribution in [3.05, 3.63) is 33.8 Å². The van der Waals surface area contributed by atoms with E-state index >= 15 is 0 Å². The number of carbonyl (C=O) groups excluding carboxylic acids is 2. The van der Waals surface area contributed by atoms with Gasteiger partial charge in [0.1, 0.15) is 6.61 Å². The van der Waals surface area contributed by atoms with Gasteiger partial charge in [-0.25, -0.2) is 4.79 Å². The molecule has 7 heteroatoms. The van der Waals surface area contributed by atoms with E-state index in [-0.39, 0.29) is 12.0 Å². The maximum Gasteiger partial charge on any atom is 0.410 e. The third-order valence-electron chi connectivity index (χ3n) is 3.35. The van der Waals surface area contributed by atoms with E-state index < -0.39 is 5.54 Å². The number of benzene rings is 1. The second kappa shape index (κ2) is 6.12. The molecule has 1 fully saturated rings. The fourth-order valence-corrected chi connectivity index (χ4v) is 2.37. The molecule has 0 bridgehead atoms. The first-order valence-electron chi connectivity index (χ1n) is 6.49. The molecule has 2 amide bonds. The number of carbonyl (C=O) groups is 2. The van der Waals surface area contributed by atoms with Crippen LogP contribution < -0.4 is 5.32 Å². The number of nitrogens with one attached hydrogen (secondary N) is 1. The molecule has 1 aromatic carbocycles. The molecule has 1 aromatic rings. The second-order valence-electron chi connectivity index (χ2n) is 5.39. The van der Waals surface area contributed by atoms with E-state index in [0.29, 0.717) is 35.3 Å². The lowest BCUT2D eigenvalue weighted by atomic mass is 10.0. The standard InChI is InChI=1S/C14H16Cl2N2O3/c1-14(2,18-5-6-21-13(18)20)8-17-12(19)9-3-4-10(15)11(16)7-9/h3-4,7H,5-6,8H2,1-2H3,(H,17,19). The molecule has 1 saturated heterocycles. The van der Waals surface area contributed by atoms with Crippen LogP contribution in [0.15, 0.2) is 18.2 Å². The number of hydrogen-bond donors (Lipinski definition) is 1. The lowest BCUT2D eigenvalue weighted by Crippen LogP contribution is -2.52. The highest BCUT2D eigenvalue weighted by Gasteiger charge is 2.35. The van der Waals surface area contributed by atoms with E-state index in [4.69, 9.17) is 27.9 Å². The predicted octanol–water partition coefficient (Wildman–Crippen LogP) is 2.95. The van der Waals surface area contributed by atoms with Gasteiger partial charge in [0.2, 0.25) is 0 Å². The van der Waals surface area contributed by atoms with Crippen molar-refractivity contribution in [3.8, 4) is 0 Å². The summed E-state index contributed by atoms with van der Waals surface area (Å²) in [7, 11) is 0. The summed E-state index contributed by atoms with van der Waals surface area (Å²) in [6.45, 7) is 4.95. The number of ether oxygens (including phenoxy) is 1. The van der Waals surface area contributed by atoms with Crippen molar-refractivity contribution < 1.29 is 14.3 Å². The van der Waals surface area contributed by atoms with Crippen molar-refractivity contribution >= 4 is 35.2 Å². The van der Waals surface area contributed by atoms with Crippen molar-refractivity contribution in [3.63, 3.8) is 0 Å². The summed E-state index contributed by atoms with van der Waals surface area (Å²) >= 11 is 11.7. The van der Waals surface area contributed by atoms with Crippen molar-refractivity contribution in [1.82, 2.24) is 10.2 Å². The summed E-state index contributed by atoms with van der Waals surface area (Å²) in [6.07, 6.45) is -0.358. The lowest BCUT2D eigenvalue weighted by molar-refractivity contribution is 0.0903. The molecule has 5 nitrogen and oxygen atoms in total. The Morgan fingerprint density at radius 2 is 2.10 bits per heavy atom. The van der Waals surface area contributed by atoms with Crippen LogP contribution in [-0.4, -0.2) is 42.1 Å². The molecule has 1 heterocycles. The van der Waals surface area contributed by atoms with Crippen LogP contribution in [0.5, 0.6) is 0 Å². The second-order valence-corrected chi connectivity index (χ2v) is 6.20. The maximum absolute atomic E-state index is 12.1. The van der Waals surface area contributed by atoms with Gasteiger partial charge in [-0.3, -0.25) is 9.69 Å². The Balaban J connectivity index is 1.99. The van der Waals surface area contributed by atoms with Gasteiger partial charge < -0.3 is 10.1 Å². The largest absolute Gasteiger partial charge is 0.448 e. The third kappa shape index (κ3) is 3.60. The Morgan fingerprint density at radius 1 is 1.38 bits per heavy atom. The van der Waals surface area contributed by atoms with E-state index in [1.54, 1.807) is 17.0 Å². The highest BCUT2D eigenvalue weighted by molar-refractivity contribution is 6.42. The quantitative estimate of drug-likeness (QED) is 0.923. The van der Waals surface area contributed by atoms with E-state index in [1.165, 1.54) is 6.07 Å². The lowest BCUT2D eigenvalue weighted by Gasteiger charge is -2.33. The monoisotopic (exact) mass is 330 g/mol. The molecule has 1 aliphatic rings. The highest BCUT2D eigenvalue weighted by atomic mass is 35.5.